The normalized spacial score (nSPS) is 16.9. The van der Waals surface area contributed by atoms with Gasteiger partial charge < -0.3 is 30.7 Å². The highest BCUT2D eigenvalue weighted by atomic mass is 35.5. The third-order valence-electron chi connectivity index (χ3n) is 9.83. The number of amides is 2. The van der Waals surface area contributed by atoms with Crippen molar-refractivity contribution in [1.29, 1.82) is 0 Å². The molecule has 54 heavy (non-hydrogen) atoms. The van der Waals surface area contributed by atoms with Gasteiger partial charge in [-0.05, 0) is 49.2 Å². The molecule has 0 radical (unpaired) electrons. The highest BCUT2D eigenvalue weighted by Gasteiger charge is 2.24. The lowest BCUT2D eigenvalue weighted by Gasteiger charge is -2.17. The van der Waals surface area contributed by atoms with Gasteiger partial charge in [0.1, 0.15) is 17.3 Å². The van der Waals surface area contributed by atoms with Crippen molar-refractivity contribution in [3.8, 4) is 45.1 Å². The molecule has 0 bridgehead atoms. The SMILES string of the molecule is COc1cc(-c2nccc(-c3cccc(-c4ccc5c(OC)c(CNC[C@H]6CCC(=O)N6)cc(Cl)c5n4)c3Cl)c2Cl)cc(F)c1CNC[C@@H]1CCC(=O)N1. The summed E-state index contributed by atoms with van der Waals surface area (Å²) >= 11 is 21.0. The van der Waals surface area contributed by atoms with Crippen LogP contribution in [0.4, 0.5) is 4.39 Å². The number of carbonyl (C=O) groups is 2. The molecule has 14 heteroatoms. The van der Waals surface area contributed by atoms with Crippen molar-refractivity contribution in [2.24, 2.45) is 0 Å². The second-order valence-corrected chi connectivity index (χ2v) is 14.5. The molecule has 4 heterocycles. The van der Waals surface area contributed by atoms with E-state index in [9.17, 15) is 9.59 Å². The van der Waals surface area contributed by atoms with Gasteiger partial charge in [0.2, 0.25) is 11.8 Å². The van der Waals surface area contributed by atoms with Crippen molar-refractivity contribution in [3.63, 3.8) is 0 Å². The number of halogens is 4. The Bertz CT molecular complexity index is 2260. The molecule has 0 spiro atoms. The van der Waals surface area contributed by atoms with Gasteiger partial charge in [0.15, 0.2) is 0 Å². The monoisotopic (exact) mass is 790 g/mol. The first kappa shape index (κ1) is 37.8. The van der Waals surface area contributed by atoms with Crippen LogP contribution < -0.4 is 30.7 Å². The molecular weight excluding hydrogens is 754 g/mol. The maximum absolute atomic E-state index is 15.6. The van der Waals surface area contributed by atoms with E-state index in [0.29, 0.717) is 98.7 Å². The van der Waals surface area contributed by atoms with Crippen molar-refractivity contribution in [3.05, 3.63) is 92.8 Å². The molecule has 5 aromatic rings. The average molecular weight is 792 g/mol. The van der Waals surface area contributed by atoms with Crippen LogP contribution in [0.2, 0.25) is 15.1 Å². The van der Waals surface area contributed by atoms with Gasteiger partial charge >= 0.3 is 0 Å². The number of fused-ring (bicyclic) bond motifs is 1. The summed E-state index contributed by atoms with van der Waals surface area (Å²) in [6.45, 7) is 1.87. The van der Waals surface area contributed by atoms with E-state index >= 15 is 4.39 Å². The molecule has 0 aliphatic carbocycles. The molecule has 2 saturated heterocycles. The van der Waals surface area contributed by atoms with Crippen LogP contribution in [0, 0.1) is 5.82 Å². The fourth-order valence-corrected chi connectivity index (χ4v) is 8.04. The number of rotatable bonds is 13. The second kappa shape index (κ2) is 16.5. The molecule has 2 amide bonds. The number of pyridine rings is 2. The molecule has 2 aliphatic rings. The fourth-order valence-electron chi connectivity index (χ4n) is 7.11. The van der Waals surface area contributed by atoms with Crippen molar-refractivity contribution in [2.45, 2.75) is 50.9 Å². The van der Waals surface area contributed by atoms with Gasteiger partial charge in [-0.25, -0.2) is 9.37 Å². The topological polar surface area (TPSA) is 126 Å². The Balaban J connectivity index is 1.15. The van der Waals surface area contributed by atoms with Gasteiger partial charge in [-0.3, -0.25) is 14.6 Å². The minimum absolute atomic E-state index is 0.0151. The molecule has 0 saturated carbocycles. The van der Waals surface area contributed by atoms with Gasteiger partial charge in [0, 0.05) is 96.1 Å². The molecule has 2 aliphatic heterocycles. The Kier molecular flexibility index (Phi) is 11.5. The summed E-state index contributed by atoms with van der Waals surface area (Å²) in [6.07, 6.45) is 4.19. The summed E-state index contributed by atoms with van der Waals surface area (Å²) in [4.78, 5) is 32.5. The van der Waals surface area contributed by atoms with Gasteiger partial charge in [-0.1, -0.05) is 53.0 Å². The molecule has 2 atom stereocenters. The molecule has 3 aromatic carbocycles. The Morgan fingerprint density at radius 3 is 2.19 bits per heavy atom. The number of aromatic nitrogens is 2. The summed E-state index contributed by atoms with van der Waals surface area (Å²) in [5.74, 6) is 0.626. The largest absolute Gasteiger partial charge is 0.496 e. The van der Waals surface area contributed by atoms with E-state index in [-0.39, 0.29) is 35.5 Å². The summed E-state index contributed by atoms with van der Waals surface area (Å²) in [7, 11) is 3.10. The maximum Gasteiger partial charge on any atom is 0.220 e. The molecule has 2 aromatic heterocycles. The van der Waals surface area contributed by atoms with E-state index in [2.05, 4.69) is 26.3 Å². The van der Waals surface area contributed by atoms with E-state index in [1.54, 1.807) is 25.4 Å². The molecule has 7 rings (SSSR count). The number of nitrogens with zero attached hydrogens (tertiary/aromatic N) is 2. The minimum atomic E-state index is -0.476. The number of hydrogen-bond donors (Lipinski definition) is 4. The Morgan fingerprint density at radius 2 is 1.52 bits per heavy atom. The molecule has 4 N–H and O–H groups in total. The van der Waals surface area contributed by atoms with Crippen molar-refractivity contribution in [1.82, 2.24) is 31.2 Å². The van der Waals surface area contributed by atoms with Crippen molar-refractivity contribution in [2.75, 3.05) is 27.3 Å². The van der Waals surface area contributed by atoms with Crippen molar-refractivity contribution >= 4 is 57.5 Å². The van der Waals surface area contributed by atoms with Crippen LogP contribution in [-0.2, 0) is 22.7 Å². The Hall–Kier alpha value is -4.52. The van der Waals surface area contributed by atoms with E-state index in [1.807, 2.05) is 36.4 Å². The third kappa shape index (κ3) is 7.83. The van der Waals surface area contributed by atoms with Crippen molar-refractivity contribution < 1.29 is 23.5 Å². The standard InChI is InChI=1S/C40H38Cl3FN6O4/c1-53-33-16-21(15-31(44)29(33)20-46-19-24-7-11-35(52)49-24)38-37(43)26(12-13-47-38)25-4-3-5-27(36(25)42)32-9-8-28-39(50-32)30(41)14-22(40(28)54-2)17-45-18-23-6-10-34(51)48-23/h3-5,8-9,12-16,23-24,45-46H,6-7,10-11,17-20H2,1-2H3,(H,48,51)(H,49,52)/t23-,24+/m1/s1. The number of carbonyl (C=O) groups excluding carboxylic acids is 2. The highest BCUT2D eigenvalue weighted by molar-refractivity contribution is 6.39. The van der Waals surface area contributed by atoms with Crippen LogP contribution in [-0.4, -0.2) is 61.2 Å². The summed E-state index contributed by atoms with van der Waals surface area (Å²) in [6, 6.07) is 16.2. The van der Waals surface area contributed by atoms with E-state index in [4.69, 9.17) is 49.3 Å². The molecular formula is C40H38Cl3FN6O4. The van der Waals surface area contributed by atoms with Crippen LogP contribution in [0.25, 0.3) is 44.5 Å². The molecule has 2 fully saturated rings. The zero-order chi connectivity index (χ0) is 37.9. The first-order valence-corrected chi connectivity index (χ1v) is 18.7. The highest BCUT2D eigenvalue weighted by Crippen LogP contribution is 2.43. The Morgan fingerprint density at radius 1 is 0.833 bits per heavy atom. The number of methoxy groups -OCH3 is 2. The zero-order valence-corrected chi connectivity index (χ0v) is 31.9. The lowest BCUT2D eigenvalue weighted by molar-refractivity contribution is -0.120. The van der Waals surface area contributed by atoms with Gasteiger partial charge in [-0.15, -0.1) is 0 Å². The lowest BCUT2D eigenvalue weighted by Crippen LogP contribution is -2.35. The van der Waals surface area contributed by atoms with Crippen LogP contribution in [0.15, 0.2) is 60.8 Å². The lowest BCUT2D eigenvalue weighted by atomic mass is 9.98. The fraction of sp³-hybridized carbons (Fsp3) is 0.300. The number of ether oxygens (including phenoxy) is 2. The first-order chi connectivity index (χ1) is 26.1. The van der Waals surface area contributed by atoms with E-state index < -0.39 is 5.82 Å². The molecule has 0 unspecified atom stereocenters. The minimum Gasteiger partial charge on any atom is -0.496 e. The van der Waals surface area contributed by atoms with Crippen LogP contribution in [0.1, 0.15) is 36.8 Å². The summed E-state index contributed by atoms with van der Waals surface area (Å²) in [5, 5.41) is 14.4. The van der Waals surface area contributed by atoms with Gasteiger partial charge in [0.05, 0.1) is 46.2 Å². The zero-order valence-electron chi connectivity index (χ0n) is 29.6. The molecule has 10 nitrogen and oxygen atoms in total. The van der Waals surface area contributed by atoms with Gasteiger partial charge in [-0.2, -0.15) is 0 Å². The van der Waals surface area contributed by atoms with E-state index in [1.165, 1.54) is 13.2 Å². The quantitative estimate of drug-likeness (QED) is 0.0968. The number of nitrogens with one attached hydrogen (secondary N) is 4. The summed E-state index contributed by atoms with van der Waals surface area (Å²) in [5.41, 5.74) is 5.09. The second-order valence-electron chi connectivity index (χ2n) is 13.3. The van der Waals surface area contributed by atoms with E-state index in [0.717, 1.165) is 23.8 Å². The Labute approximate surface area is 327 Å². The number of hydrogen-bond acceptors (Lipinski definition) is 8. The maximum atomic E-state index is 15.6. The predicted octanol–water partition coefficient (Wildman–Crippen LogP) is 7.48. The van der Waals surface area contributed by atoms with Crippen LogP contribution in [0.5, 0.6) is 11.5 Å². The predicted molar refractivity (Wildman–Crippen MR) is 210 cm³/mol. The first-order valence-electron chi connectivity index (χ1n) is 17.6. The van der Waals surface area contributed by atoms with Crippen LogP contribution >= 0.6 is 34.8 Å². The number of benzene rings is 3. The van der Waals surface area contributed by atoms with Gasteiger partial charge in [0.25, 0.3) is 0 Å². The third-order valence-corrected chi connectivity index (χ3v) is 10.9. The average Bonchev–Trinajstić information content (AvgIpc) is 3.79. The summed E-state index contributed by atoms with van der Waals surface area (Å²) < 4.78 is 27.0. The molecule has 280 valence electrons. The smallest absolute Gasteiger partial charge is 0.220 e. The van der Waals surface area contributed by atoms with Crippen LogP contribution in [0.3, 0.4) is 0 Å².